The number of carbonyl (C=O) groups excluding carboxylic acids is 2. The van der Waals surface area contributed by atoms with Crippen LogP contribution in [-0.2, 0) is 16.6 Å². The van der Waals surface area contributed by atoms with Gasteiger partial charge >= 0.3 is 6.09 Å². The first-order valence-electron chi connectivity index (χ1n) is 10.4. The van der Waals surface area contributed by atoms with Crippen LogP contribution in [0.3, 0.4) is 0 Å². The Hall–Kier alpha value is -2.94. The maximum absolute atomic E-state index is 11.9. The maximum Gasteiger partial charge on any atom is 0.404 e. The average Bonchev–Trinajstić information content (AvgIpc) is 3.17. The van der Waals surface area contributed by atoms with Crippen LogP contribution in [0.4, 0.5) is 4.79 Å². The lowest BCUT2D eigenvalue weighted by atomic mass is 9.81. The minimum Gasteiger partial charge on any atom is -0.449 e. The van der Waals surface area contributed by atoms with Gasteiger partial charge in [0.25, 0.3) is 0 Å². The Morgan fingerprint density at radius 2 is 2.06 bits per heavy atom. The predicted octanol–water partition coefficient (Wildman–Crippen LogP) is 3.37. The Balaban J connectivity index is 1.52. The molecule has 1 amide bonds. The SMILES string of the molecule is CN1C(=C=O)C(Sc2ccc3nn(C)cc3c2Cl)=CN=C1N1CCC(C)(COC(N)=O)CC1. The number of nitrogens with zero attached hydrogens (tertiary/aromatic N) is 5. The summed E-state index contributed by atoms with van der Waals surface area (Å²) in [6.45, 7) is 3.80. The number of aliphatic imine (C=N–C) groups is 1. The molecule has 1 aromatic heterocycles. The van der Waals surface area contributed by atoms with Crippen molar-refractivity contribution in [2.75, 3.05) is 26.7 Å². The lowest BCUT2D eigenvalue weighted by Crippen LogP contribution is -2.49. The molecule has 0 unspecified atom stereocenters. The minimum atomic E-state index is -0.756. The van der Waals surface area contributed by atoms with Crippen LogP contribution in [-0.4, -0.2) is 64.3 Å². The number of carbonyl (C=O) groups is 1. The standard InChI is InChI=1S/C22H25ClN6O3S/c1-22(13-32-20(24)31)6-8-29(9-7-22)21-25-10-18(16(12-30)28(21)3)33-17-5-4-15-14(19(17)23)11-27(2)26-15/h4-5,10-11H,6-9,13H2,1-3H3,(H2,24,31). The number of thioether (sulfide) groups is 1. The molecule has 2 aromatic rings. The van der Waals surface area contributed by atoms with Gasteiger partial charge in [-0.05, 0) is 25.0 Å². The second kappa shape index (κ2) is 9.13. The number of hydrogen-bond donors (Lipinski definition) is 1. The summed E-state index contributed by atoms with van der Waals surface area (Å²) in [6, 6.07) is 3.80. The number of ether oxygens (including phenoxy) is 1. The van der Waals surface area contributed by atoms with Gasteiger partial charge < -0.3 is 20.3 Å². The first kappa shape index (κ1) is 23.2. The van der Waals surface area contributed by atoms with Crippen molar-refractivity contribution in [1.82, 2.24) is 19.6 Å². The number of likely N-dealkylation sites (N-methyl/N-ethyl adjacent to an activating group) is 1. The first-order valence-corrected chi connectivity index (χ1v) is 11.6. The third kappa shape index (κ3) is 4.73. The van der Waals surface area contributed by atoms with Crippen LogP contribution < -0.4 is 5.73 Å². The fraction of sp³-hybridized carbons (Fsp3) is 0.409. The van der Waals surface area contributed by atoms with Crippen molar-refractivity contribution >= 4 is 52.3 Å². The second-order valence-corrected chi connectivity index (χ2v) is 10.0. The molecule has 0 saturated carbocycles. The number of piperidine rings is 1. The summed E-state index contributed by atoms with van der Waals surface area (Å²) in [5, 5.41) is 5.81. The molecular formula is C22H25ClN6O3S. The van der Waals surface area contributed by atoms with E-state index < -0.39 is 6.09 Å². The van der Waals surface area contributed by atoms with Crippen LogP contribution >= 0.6 is 23.4 Å². The Morgan fingerprint density at radius 3 is 2.73 bits per heavy atom. The average molecular weight is 489 g/mol. The van der Waals surface area contributed by atoms with Crippen LogP contribution in [0.15, 0.2) is 45.0 Å². The Labute approximate surface area is 200 Å². The number of amides is 1. The molecular weight excluding hydrogens is 464 g/mol. The van der Waals surface area contributed by atoms with Crippen molar-refractivity contribution in [3.05, 3.63) is 40.2 Å². The summed E-state index contributed by atoms with van der Waals surface area (Å²) in [6.07, 6.45) is 4.41. The molecule has 1 aromatic carbocycles. The van der Waals surface area contributed by atoms with E-state index in [4.69, 9.17) is 22.1 Å². The number of fused-ring (bicyclic) bond motifs is 1. The molecule has 1 fully saturated rings. The number of primary amides is 1. The number of nitrogens with two attached hydrogens (primary N) is 1. The van der Waals surface area contributed by atoms with Gasteiger partial charge in [0.1, 0.15) is 5.70 Å². The minimum absolute atomic E-state index is 0.138. The largest absolute Gasteiger partial charge is 0.449 e. The molecule has 11 heteroatoms. The summed E-state index contributed by atoms with van der Waals surface area (Å²) < 4.78 is 6.74. The zero-order valence-corrected chi connectivity index (χ0v) is 20.2. The number of guanidine groups is 1. The van der Waals surface area contributed by atoms with E-state index in [1.54, 1.807) is 15.8 Å². The molecule has 9 nitrogen and oxygen atoms in total. The highest BCUT2D eigenvalue weighted by atomic mass is 35.5. The quantitative estimate of drug-likeness (QED) is 0.657. The van der Waals surface area contributed by atoms with Gasteiger partial charge in [0.15, 0.2) is 5.94 Å². The normalized spacial score (nSPS) is 18.1. The number of benzene rings is 1. The summed E-state index contributed by atoms with van der Waals surface area (Å²) in [4.78, 5) is 32.9. The summed E-state index contributed by atoms with van der Waals surface area (Å²) in [7, 11) is 3.65. The van der Waals surface area contributed by atoms with Crippen molar-refractivity contribution < 1.29 is 14.3 Å². The lowest BCUT2D eigenvalue weighted by Gasteiger charge is -2.42. The molecule has 0 aliphatic carbocycles. The number of halogens is 1. The zero-order valence-electron chi connectivity index (χ0n) is 18.7. The monoisotopic (exact) mass is 488 g/mol. The molecule has 3 heterocycles. The van der Waals surface area contributed by atoms with Gasteiger partial charge in [-0.2, -0.15) is 5.10 Å². The fourth-order valence-corrected chi connectivity index (χ4v) is 5.29. The van der Waals surface area contributed by atoms with Crippen LogP contribution in [0.1, 0.15) is 19.8 Å². The molecule has 0 atom stereocenters. The zero-order chi connectivity index (χ0) is 23.8. The topological polar surface area (TPSA) is 106 Å². The van der Waals surface area contributed by atoms with Crippen molar-refractivity contribution in [1.29, 1.82) is 0 Å². The van der Waals surface area contributed by atoms with Gasteiger partial charge in [0, 0.05) is 55.3 Å². The number of aryl methyl sites for hydroxylation is 1. The third-order valence-corrected chi connectivity index (χ3v) is 7.60. The summed E-state index contributed by atoms with van der Waals surface area (Å²) in [5.74, 6) is 2.75. The van der Waals surface area contributed by atoms with Crippen LogP contribution in [0.2, 0.25) is 5.02 Å². The molecule has 0 spiro atoms. The highest BCUT2D eigenvalue weighted by molar-refractivity contribution is 8.03. The van der Waals surface area contributed by atoms with Gasteiger partial charge in [-0.15, -0.1) is 0 Å². The van der Waals surface area contributed by atoms with E-state index in [0.29, 0.717) is 41.3 Å². The number of likely N-dealkylation sites (tertiary alicyclic amines) is 1. The fourth-order valence-electron chi connectivity index (χ4n) is 4.01. The molecule has 33 heavy (non-hydrogen) atoms. The summed E-state index contributed by atoms with van der Waals surface area (Å²) >= 11 is 7.99. The molecule has 174 valence electrons. The smallest absolute Gasteiger partial charge is 0.404 e. The van der Waals surface area contributed by atoms with Gasteiger partial charge in [-0.1, -0.05) is 30.3 Å². The summed E-state index contributed by atoms with van der Waals surface area (Å²) in [5.41, 5.74) is 6.18. The van der Waals surface area contributed by atoms with Gasteiger partial charge in [-0.3, -0.25) is 4.68 Å². The molecule has 0 radical (unpaired) electrons. The third-order valence-electron chi connectivity index (χ3n) is 6.00. The molecule has 1 saturated heterocycles. The molecule has 2 N–H and O–H groups in total. The van der Waals surface area contributed by atoms with Crippen LogP contribution in [0.25, 0.3) is 10.9 Å². The second-order valence-electron chi connectivity index (χ2n) is 8.55. The number of hydrogen-bond acceptors (Lipinski definition) is 8. The molecule has 0 bridgehead atoms. The van der Waals surface area contributed by atoms with E-state index in [0.717, 1.165) is 28.6 Å². The van der Waals surface area contributed by atoms with E-state index in [-0.39, 0.29) is 5.41 Å². The molecule has 2 aliphatic heterocycles. The highest BCUT2D eigenvalue weighted by Gasteiger charge is 2.35. The molecule has 4 rings (SSSR count). The van der Waals surface area contributed by atoms with E-state index in [9.17, 15) is 9.59 Å². The van der Waals surface area contributed by atoms with Crippen molar-refractivity contribution in [3.63, 3.8) is 0 Å². The van der Waals surface area contributed by atoms with E-state index in [1.165, 1.54) is 11.8 Å². The Kier molecular flexibility index (Phi) is 6.43. The van der Waals surface area contributed by atoms with Crippen LogP contribution in [0, 0.1) is 5.41 Å². The first-order chi connectivity index (χ1) is 15.7. The Bertz CT molecular complexity index is 1210. The predicted molar refractivity (Wildman–Crippen MR) is 129 cm³/mol. The highest BCUT2D eigenvalue weighted by Crippen LogP contribution is 2.41. The van der Waals surface area contributed by atoms with Crippen molar-refractivity contribution in [2.24, 2.45) is 23.2 Å². The van der Waals surface area contributed by atoms with E-state index in [1.807, 2.05) is 32.4 Å². The van der Waals surface area contributed by atoms with Crippen LogP contribution in [0.5, 0.6) is 0 Å². The molecule has 2 aliphatic rings. The number of aromatic nitrogens is 2. The van der Waals surface area contributed by atoms with Gasteiger partial charge in [-0.25, -0.2) is 14.6 Å². The van der Waals surface area contributed by atoms with E-state index in [2.05, 4.69) is 27.9 Å². The number of rotatable bonds is 4. The Morgan fingerprint density at radius 1 is 1.33 bits per heavy atom. The van der Waals surface area contributed by atoms with Crippen molar-refractivity contribution in [3.8, 4) is 0 Å². The van der Waals surface area contributed by atoms with Crippen molar-refractivity contribution in [2.45, 2.75) is 24.7 Å². The maximum atomic E-state index is 11.9. The lowest BCUT2D eigenvalue weighted by molar-refractivity contribution is 0.0593. The van der Waals surface area contributed by atoms with Gasteiger partial charge in [0.05, 0.1) is 22.1 Å². The van der Waals surface area contributed by atoms with Gasteiger partial charge in [0.2, 0.25) is 5.96 Å². The van der Waals surface area contributed by atoms with E-state index >= 15 is 0 Å².